The molecule has 1 aliphatic rings. The maximum Gasteiger partial charge on any atom is 0.228 e. The molecule has 1 fully saturated rings. The number of nitrogens with two attached hydrogens (primary N) is 1. The van der Waals surface area contributed by atoms with Gasteiger partial charge in [0.05, 0.1) is 0 Å². The first kappa shape index (κ1) is 10.4. The first-order valence-corrected chi connectivity index (χ1v) is 5.49. The number of aryl methyl sites for hydroxylation is 1. The first-order valence-electron chi connectivity index (χ1n) is 4.96. The molecule has 82 valence electrons. The van der Waals surface area contributed by atoms with Crippen molar-refractivity contribution in [1.82, 2.24) is 15.0 Å². The van der Waals surface area contributed by atoms with Crippen LogP contribution in [0, 0.1) is 0 Å². The van der Waals surface area contributed by atoms with Crippen LogP contribution in [0.15, 0.2) is 0 Å². The SMILES string of the molecule is CC1(Nc2nc(N)nc(CCCl)n2)CC1. The molecular weight excluding hydrogens is 214 g/mol. The van der Waals surface area contributed by atoms with Crippen LogP contribution >= 0.6 is 11.6 Å². The number of hydrogen-bond donors (Lipinski definition) is 2. The van der Waals surface area contributed by atoms with E-state index in [1.807, 2.05) is 0 Å². The molecule has 5 nitrogen and oxygen atoms in total. The third-order valence-corrected chi connectivity index (χ3v) is 2.62. The monoisotopic (exact) mass is 227 g/mol. The van der Waals surface area contributed by atoms with E-state index in [1.165, 1.54) is 0 Å². The van der Waals surface area contributed by atoms with Gasteiger partial charge in [-0.15, -0.1) is 11.6 Å². The lowest BCUT2D eigenvalue weighted by atomic mass is 10.3. The number of aromatic nitrogens is 3. The number of anilines is 2. The predicted octanol–water partition coefficient (Wildman–Crippen LogP) is 1.20. The van der Waals surface area contributed by atoms with Crippen molar-refractivity contribution >= 4 is 23.5 Å². The number of nitrogens with zero attached hydrogens (tertiary/aromatic N) is 3. The van der Waals surface area contributed by atoms with Gasteiger partial charge >= 0.3 is 0 Å². The van der Waals surface area contributed by atoms with E-state index in [9.17, 15) is 0 Å². The van der Waals surface area contributed by atoms with Crippen molar-refractivity contribution in [2.24, 2.45) is 0 Å². The van der Waals surface area contributed by atoms with Crippen molar-refractivity contribution in [2.45, 2.75) is 31.7 Å². The highest BCUT2D eigenvalue weighted by Gasteiger charge is 2.37. The fourth-order valence-electron chi connectivity index (χ4n) is 1.27. The highest BCUT2D eigenvalue weighted by Crippen LogP contribution is 2.37. The molecule has 1 heterocycles. The first-order chi connectivity index (χ1) is 7.11. The molecule has 2 rings (SSSR count). The van der Waals surface area contributed by atoms with Crippen LogP contribution in [0.2, 0.25) is 0 Å². The normalized spacial score (nSPS) is 17.5. The average Bonchev–Trinajstić information content (AvgIpc) is 2.82. The Morgan fingerprint density at radius 3 is 2.73 bits per heavy atom. The fraction of sp³-hybridized carbons (Fsp3) is 0.667. The lowest BCUT2D eigenvalue weighted by molar-refractivity contribution is 0.796. The zero-order valence-electron chi connectivity index (χ0n) is 8.63. The molecule has 0 radical (unpaired) electrons. The fourth-order valence-corrected chi connectivity index (χ4v) is 1.44. The Bertz CT molecular complexity index is 364. The van der Waals surface area contributed by atoms with E-state index < -0.39 is 0 Å². The highest BCUT2D eigenvalue weighted by atomic mass is 35.5. The summed E-state index contributed by atoms with van der Waals surface area (Å²) in [5, 5.41) is 3.25. The van der Waals surface area contributed by atoms with E-state index in [4.69, 9.17) is 17.3 Å². The second-order valence-electron chi connectivity index (χ2n) is 4.06. The largest absolute Gasteiger partial charge is 0.368 e. The number of nitrogens with one attached hydrogen (secondary N) is 1. The Kier molecular flexibility index (Phi) is 2.65. The van der Waals surface area contributed by atoms with Crippen molar-refractivity contribution in [3.63, 3.8) is 0 Å². The summed E-state index contributed by atoms with van der Waals surface area (Å²) < 4.78 is 0. The van der Waals surface area contributed by atoms with E-state index in [1.54, 1.807) is 0 Å². The minimum Gasteiger partial charge on any atom is -0.368 e. The molecule has 1 saturated carbocycles. The molecule has 0 bridgehead atoms. The van der Waals surface area contributed by atoms with Gasteiger partial charge in [-0.3, -0.25) is 0 Å². The Balaban J connectivity index is 2.15. The van der Waals surface area contributed by atoms with Crippen LogP contribution in [0.5, 0.6) is 0 Å². The molecule has 3 N–H and O–H groups in total. The minimum absolute atomic E-state index is 0.145. The molecule has 0 unspecified atom stereocenters. The van der Waals surface area contributed by atoms with E-state index in [2.05, 4.69) is 27.2 Å². The number of alkyl halides is 1. The third-order valence-electron chi connectivity index (χ3n) is 2.43. The minimum atomic E-state index is 0.145. The van der Waals surface area contributed by atoms with E-state index in [0.29, 0.717) is 24.1 Å². The number of hydrogen-bond acceptors (Lipinski definition) is 5. The van der Waals surface area contributed by atoms with Crippen LogP contribution in [0.4, 0.5) is 11.9 Å². The van der Waals surface area contributed by atoms with Gasteiger partial charge in [0.15, 0.2) is 0 Å². The molecule has 0 aromatic carbocycles. The zero-order chi connectivity index (χ0) is 10.9. The van der Waals surface area contributed by atoms with Crippen molar-refractivity contribution in [3.05, 3.63) is 5.82 Å². The van der Waals surface area contributed by atoms with Gasteiger partial charge in [-0.05, 0) is 19.8 Å². The summed E-state index contributed by atoms with van der Waals surface area (Å²) in [4.78, 5) is 12.3. The van der Waals surface area contributed by atoms with Gasteiger partial charge in [0.1, 0.15) is 5.82 Å². The van der Waals surface area contributed by atoms with Crippen molar-refractivity contribution in [3.8, 4) is 0 Å². The molecule has 0 atom stereocenters. The third kappa shape index (κ3) is 2.68. The molecule has 15 heavy (non-hydrogen) atoms. The molecule has 0 spiro atoms. The van der Waals surface area contributed by atoms with Crippen LogP contribution < -0.4 is 11.1 Å². The number of rotatable bonds is 4. The Labute approximate surface area is 93.5 Å². The van der Waals surface area contributed by atoms with Gasteiger partial charge < -0.3 is 11.1 Å². The summed E-state index contributed by atoms with van der Waals surface area (Å²) in [5.74, 6) is 1.93. The van der Waals surface area contributed by atoms with Gasteiger partial charge in [0.25, 0.3) is 0 Å². The highest BCUT2D eigenvalue weighted by molar-refractivity contribution is 6.17. The Hall–Kier alpha value is -1.10. The van der Waals surface area contributed by atoms with Crippen LogP contribution in [-0.2, 0) is 6.42 Å². The Morgan fingerprint density at radius 2 is 2.13 bits per heavy atom. The second kappa shape index (κ2) is 3.81. The van der Waals surface area contributed by atoms with Crippen molar-refractivity contribution < 1.29 is 0 Å². The molecular formula is C9H14ClN5. The number of halogens is 1. The molecule has 0 aliphatic heterocycles. The standard InChI is InChI=1S/C9H14ClN5/c1-9(3-4-9)15-8-13-6(2-5-10)12-7(11)14-8/h2-5H2,1H3,(H3,11,12,13,14,15). The van der Waals surface area contributed by atoms with Gasteiger partial charge in [0.2, 0.25) is 11.9 Å². The summed E-state index contributed by atoms with van der Waals surface area (Å²) in [5.41, 5.74) is 5.73. The van der Waals surface area contributed by atoms with Crippen LogP contribution in [0.25, 0.3) is 0 Å². The Morgan fingerprint density at radius 1 is 1.40 bits per heavy atom. The molecule has 1 aromatic heterocycles. The van der Waals surface area contributed by atoms with Crippen molar-refractivity contribution in [1.29, 1.82) is 0 Å². The van der Waals surface area contributed by atoms with E-state index >= 15 is 0 Å². The van der Waals surface area contributed by atoms with Gasteiger partial charge in [-0.1, -0.05) is 0 Å². The quantitative estimate of drug-likeness (QED) is 0.756. The molecule has 0 amide bonds. The van der Waals surface area contributed by atoms with Crippen LogP contribution in [0.3, 0.4) is 0 Å². The van der Waals surface area contributed by atoms with E-state index in [0.717, 1.165) is 12.8 Å². The van der Waals surface area contributed by atoms with Gasteiger partial charge in [0, 0.05) is 17.8 Å². The number of nitrogen functional groups attached to an aromatic ring is 1. The summed E-state index contributed by atoms with van der Waals surface area (Å²) in [7, 11) is 0. The molecule has 1 aliphatic carbocycles. The van der Waals surface area contributed by atoms with Crippen LogP contribution in [0.1, 0.15) is 25.6 Å². The lowest BCUT2D eigenvalue weighted by Gasteiger charge is -2.11. The lowest BCUT2D eigenvalue weighted by Crippen LogP contribution is -2.19. The summed E-state index contributed by atoms with van der Waals surface area (Å²) >= 11 is 5.62. The predicted molar refractivity (Wildman–Crippen MR) is 59.9 cm³/mol. The van der Waals surface area contributed by atoms with E-state index in [-0.39, 0.29) is 11.5 Å². The summed E-state index contributed by atoms with van der Waals surface area (Å²) in [6, 6.07) is 0. The molecule has 0 saturated heterocycles. The second-order valence-corrected chi connectivity index (χ2v) is 4.44. The summed E-state index contributed by atoms with van der Waals surface area (Å²) in [6.07, 6.45) is 2.90. The topological polar surface area (TPSA) is 76.7 Å². The van der Waals surface area contributed by atoms with Gasteiger partial charge in [-0.25, -0.2) is 0 Å². The zero-order valence-corrected chi connectivity index (χ0v) is 9.38. The van der Waals surface area contributed by atoms with Gasteiger partial charge in [-0.2, -0.15) is 15.0 Å². The smallest absolute Gasteiger partial charge is 0.228 e. The molecule has 1 aromatic rings. The molecule has 6 heteroatoms. The maximum absolute atomic E-state index is 5.62. The average molecular weight is 228 g/mol. The maximum atomic E-state index is 5.62. The summed E-state index contributed by atoms with van der Waals surface area (Å²) in [6.45, 7) is 2.13. The van der Waals surface area contributed by atoms with Crippen molar-refractivity contribution in [2.75, 3.05) is 16.9 Å². The van der Waals surface area contributed by atoms with Crippen LogP contribution in [-0.4, -0.2) is 26.4 Å².